The molecule has 6 atom stereocenters. The van der Waals surface area contributed by atoms with Crippen LogP contribution in [0.15, 0.2) is 0 Å². The maximum atomic E-state index is 12.0. The van der Waals surface area contributed by atoms with Crippen LogP contribution in [0.2, 0.25) is 0 Å². The first-order valence-corrected chi connectivity index (χ1v) is 10.3. The standard InChI is InChI=1S/C21H32O3/c1-19-8-5-15(22)13-14(19)3-4-16-17(19)6-9-20(2)18(16)7-10-21(20)23-11-12-24-21/h14,16-18H,3-13H2,1-2H3/t14-,16-,17+,18+,19+,20+/m1/s1. The maximum Gasteiger partial charge on any atom is 0.174 e. The van der Waals surface area contributed by atoms with Crippen molar-refractivity contribution in [2.75, 3.05) is 13.2 Å². The van der Waals surface area contributed by atoms with E-state index in [9.17, 15) is 4.79 Å². The summed E-state index contributed by atoms with van der Waals surface area (Å²) in [4.78, 5) is 12.0. The van der Waals surface area contributed by atoms with Crippen LogP contribution in [0.3, 0.4) is 0 Å². The first-order chi connectivity index (χ1) is 11.5. The second-order valence-electron chi connectivity index (χ2n) is 9.84. The van der Waals surface area contributed by atoms with Gasteiger partial charge in [0.1, 0.15) is 5.78 Å². The van der Waals surface area contributed by atoms with Crippen LogP contribution in [-0.4, -0.2) is 24.8 Å². The second-order valence-corrected chi connectivity index (χ2v) is 9.84. The lowest BCUT2D eigenvalue weighted by molar-refractivity contribution is -0.246. The first-order valence-electron chi connectivity index (χ1n) is 10.3. The highest BCUT2D eigenvalue weighted by atomic mass is 16.7. The van der Waals surface area contributed by atoms with Gasteiger partial charge in [-0.2, -0.15) is 0 Å². The van der Waals surface area contributed by atoms with Crippen molar-refractivity contribution in [2.24, 2.45) is 34.5 Å². The molecule has 5 fully saturated rings. The van der Waals surface area contributed by atoms with Crippen LogP contribution in [0.1, 0.15) is 71.6 Å². The molecular weight excluding hydrogens is 300 g/mol. The lowest BCUT2D eigenvalue weighted by Gasteiger charge is -2.60. The van der Waals surface area contributed by atoms with Gasteiger partial charge in [0, 0.05) is 24.7 Å². The van der Waals surface area contributed by atoms with E-state index in [0.29, 0.717) is 17.1 Å². The zero-order valence-electron chi connectivity index (χ0n) is 15.3. The number of ether oxygens (including phenoxy) is 2. The van der Waals surface area contributed by atoms with Crippen LogP contribution < -0.4 is 0 Å². The van der Waals surface area contributed by atoms with Crippen molar-refractivity contribution in [2.45, 2.75) is 77.4 Å². The molecule has 0 N–H and O–H groups in total. The number of ketones is 1. The Morgan fingerprint density at radius 2 is 1.67 bits per heavy atom. The normalized spacial score (nSPS) is 52.8. The molecule has 1 spiro atoms. The largest absolute Gasteiger partial charge is 0.347 e. The molecule has 0 amide bonds. The minimum atomic E-state index is -0.275. The summed E-state index contributed by atoms with van der Waals surface area (Å²) in [6.07, 6.45) is 10.3. The fourth-order valence-electron chi connectivity index (χ4n) is 7.93. The lowest BCUT2D eigenvalue weighted by atomic mass is 9.45. The van der Waals surface area contributed by atoms with E-state index in [4.69, 9.17) is 9.47 Å². The Morgan fingerprint density at radius 3 is 2.46 bits per heavy atom. The minimum absolute atomic E-state index is 0.207. The number of carbonyl (C=O) groups excluding carboxylic acids is 1. The van der Waals surface area contributed by atoms with Gasteiger partial charge < -0.3 is 9.47 Å². The molecule has 0 aromatic rings. The van der Waals surface area contributed by atoms with Gasteiger partial charge in [0.15, 0.2) is 5.79 Å². The Kier molecular flexibility index (Phi) is 3.34. The van der Waals surface area contributed by atoms with E-state index in [1.54, 1.807) is 0 Å². The third-order valence-electron chi connectivity index (χ3n) is 9.28. The minimum Gasteiger partial charge on any atom is -0.347 e. The molecule has 5 aliphatic rings. The highest BCUT2D eigenvalue weighted by molar-refractivity contribution is 5.79. The monoisotopic (exact) mass is 332 g/mol. The molecule has 3 nitrogen and oxygen atoms in total. The number of rotatable bonds is 0. The quantitative estimate of drug-likeness (QED) is 0.662. The van der Waals surface area contributed by atoms with Gasteiger partial charge in [-0.25, -0.2) is 0 Å². The average Bonchev–Trinajstić information content (AvgIpc) is 3.15. The zero-order chi connectivity index (χ0) is 16.6. The molecule has 4 saturated carbocycles. The van der Waals surface area contributed by atoms with E-state index in [-0.39, 0.29) is 11.2 Å². The summed E-state index contributed by atoms with van der Waals surface area (Å²) in [5, 5.41) is 0. The number of Topliss-reactive ketones (excluding diaryl/α,β-unsaturated/α-hetero) is 1. The van der Waals surface area contributed by atoms with Crippen LogP contribution >= 0.6 is 0 Å². The summed E-state index contributed by atoms with van der Waals surface area (Å²) >= 11 is 0. The van der Waals surface area contributed by atoms with Crippen molar-refractivity contribution < 1.29 is 14.3 Å². The zero-order valence-corrected chi connectivity index (χ0v) is 15.3. The molecule has 0 aromatic carbocycles. The number of fused-ring (bicyclic) bond motifs is 6. The van der Waals surface area contributed by atoms with Gasteiger partial charge in [-0.05, 0) is 67.6 Å². The van der Waals surface area contributed by atoms with E-state index >= 15 is 0 Å². The fourth-order valence-corrected chi connectivity index (χ4v) is 7.93. The second kappa shape index (κ2) is 5.07. The summed E-state index contributed by atoms with van der Waals surface area (Å²) < 4.78 is 12.5. The molecule has 24 heavy (non-hydrogen) atoms. The molecule has 1 saturated heterocycles. The van der Waals surface area contributed by atoms with Crippen LogP contribution in [0.4, 0.5) is 0 Å². The van der Waals surface area contributed by atoms with Gasteiger partial charge in [-0.15, -0.1) is 0 Å². The number of carbonyl (C=O) groups is 1. The summed E-state index contributed by atoms with van der Waals surface area (Å²) in [6, 6.07) is 0. The third-order valence-corrected chi connectivity index (χ3v) is 9.28. The van der Waals surface area contributed by atoms with Crippen LogP contribution in [0.5, 0.6) is 0 Å². The molecule has 5 rings (SSSR count). The van der Waals surface area contributed by atoms with Crippen LogP contribution in [0.25, 0.3) is 0 Å². The van der Waals surface area contributed by atoms with Crippen molar-refractivity contribution in [3.05, 3.63) is 0 Å². The maximum absolute atomic E-state index is 12.0. The lowest BCUT2D eigenvalue weighted by Crippen LogP contribution is -2.56. The molecule has 0 aromatic heterocycles. The Hall–Kier alpha value is -0.410. The van der Waals surface area contributed by atoms with E-state index in [1.807, 2.05) is 0 Å². The third kappa shape index (κ3) is 1.84. The predicted molar refractivity (Wildman–Crippen MR) is 91.4 cm³/mol. The van der Waals surface area contributed by atoms with Crippen molar-refractivity contribution in [1.82, 2.24) is 0 Å². The van der Waals surface area contributed by atoms with Crippen molar-refractivity contribution in [1.29, 1.82) is 0 Å². The number of hydrogen-bond acceptors (Lipinski definition) is 3. The molecule has 0 bridgehead atoms. The van der Waals surface area contributed by atoms with Crippen molar-refractivity contribution >= 4 is 5.78 Å². The van der Waals surface area contributed by atoms with Crippen LogP contribution in [0, 0.1) is 34.5 Å². The van der Waals surface area contributed by atoms with Crippen molar-refractivity contribution in [3.8, 4) is 0 Å². The van der Waals surface area contributed by atoms with Gasteiger partial charge in [-0.1, -0.05) is 13.8 Å². The van der Waals surface area contributed by atoms with E-state index < -0.39 is 0 Å². The molecule has 0 unspecified atom stereocenters. The Bertz CT molecular complexity index is 551. The average molecular weight is 332 g/mol. The molecule has 4 aliphatic carbocycles. The highest BCUT2D eigenvalue weighted by Crippen LogP contribution is 2.69. The molecule has 3 heteroatoms. The Balaban J connectivity index is 1.46. The van der Waals surface area contributed by atoms with Gasteiger partial charge in [0.05, 0.1) is 13.2 Å². The molecule has 1 aliphatic heterocycles. The summed E-state index contributed by atoms with van der Waals surface area (Å²) in [7, 11) is 0. The fraction of sp³-hybridized carbons (Fsp3) is 0.952. The summed E-state index contributed by atoms with van der Waals surface area (Å²) in [5.74, 6) is 3.29. The first kappa shape index (κ1) is 15.8. The van der Waals surface area contributed by atoms with E-state index in [2.05, 4.69) is 13.8 Å². The number of hydrogen-bond donors (Lipinski definition) is 0. The molecule has 134 valence electrons. The Labute approximate surface area is 145 Å². The highest BCUT2D eigenvalue weighted by Gasteiger charge is 2.67. The molecule has 0 radical (unpaired) electrons. The van der Waals surface area contributed by atoms with Gasteiger partial charge in [0.25, 0.3) is 0 Å². The molecular formula is C21H32O3. The molecule has 1 heterocycles. The van der Waals surface area contributed by atoms with Crippen LogP contribution in [-0.2, 0) is 14.3 Å². The summed E-state index contributed by atoms with van der Waals surface area (Å²) in [6.45, 7) is 6.54. The predicted octanol–water partition coefficient (Wildman–Crippen LogP) is 4.34. The Morgan fingerprint density at radius 1 is 0.917 bits per heavy atom. The van der Waals surface area contributed by atoms with E-state index in [0.717, 1.165) is 56.7 Å². The topological polar surface area (TPSA) is 35.5 Å². The van der Waals surface area contributed by atoms with Gasteiger partial charge in [0.2, 0.25) is 0 Å². The van der Waals surface area contributed by atoms with Gasteiger partial charge in [-0.3, -0.25) is 4.79 Å². The SMILES string of the molecule is C[C@]12CCC(=O)C[C@H]1CC[C@@H]1[C@@H]2CC[C@@]2(C)[C@H]1CCC21OCCO1. The van der Waals surface area contributed by atoms with E-state index in [1.165, 1.54) is 32.1 Å². The summed E-state index contributed by atoms with van der Waals surface area (Å²) in [5.41, 5.74) is 0.615. The van der Waals surface area contributed by atoms with Crippen molar-refractivity contribution in [3.63, 3.8) is 0 Å². The van der Waals surface area contributed by atoms with Gasteiger partial charge >= 0.3 is 0 Å². The smallest absolute Gasteiger partial charge is 0.174 e.